The number of thiazole rings is 1. The highest BCUT2D eigenvalue weighted by Gasteiger charge is 2.21. The lowest BCUT2D eigenvalue weighted by Crippen LogP contribution is -2.42. The summed E-state index contributed by atoms with van der Waals surface area (Å²) in [7, 11) is 1.55. The molecule has 144 valence electrons. The fourth-order valence-corrected chi connectivity index (χ4v) is 3.75. The molecule has 1 aliphatic rings. The second-order valence-corrected chi connectivity index (χ2v) is 6.98. The molecule has 1 fully saturated rings. The smallest absolute Gasteiger partial charge is 0.281 e. The Morgan fingerprint density at radius 1 is 1.26 bits per heavy atom. The SMILES string of the molecule is COc1ccccc1CC(=O)NNC(=O)c1sc(N2CCOCC2)nc1C. The molecule has 2 amide bonds. The number of hydrazine groups is 1. The summed E-state index contributed by atoms with van der Waals surface area (Å²) in [6.07, 6.45) is 0.102. The van der Waals surface area contributed by atoms with Gasteiger partial charge in [0.2, 0.25) is 5.91 Å². The van der Waals surface area contributed by atoms with E-state index in [0.717, 1.165) is 23.8 Å². The quantitative estimate of drug-likeness (QED) is 0.748. The van der Waals surface area contributed by atoms with Gasteiger partial charge in [0.05, 0.1) is 32.4 Å². The molecule has 1 aromatic carbocycles. The third-order valence-electron chi connectivity index (χ3n) is 4.13. The van der Waals surface area contributed by atoms with E-state index in [1.807, 2.05) is 18.2 Å². The summed E-state index contributed by atoms with van der Waals surface area (Å²) in [6.45, 7) is 4.59. The van der Waals surface area contributed by atoms with Crippen LogP contribution in [-0.4, -0.2) is 50.2 Å². The molecular weight excluding hydrogens is 368 g/mol. The predicted molar refractivity (Wildman–Crippen MR) is 102 cm³/mol. The van der Waals surface area contributed by atoms with E-state index in [-0.39, 0.29) is 18.2 Å². The molecule has 2 aromatic rings. The highest BCUT2D eigenvalue weighted by Crippen LogP contribution is 2.26. The minimum Gasteiger partial charge on any atom is -0.496 e. The molecule has 0 bridgehead atoms. The molecule has 1 aromatic heterocycles. The number of carbonyl (C=O) groups excluding carboxylic acids is 2. The van der Waals surface area contributed by atoms with Crippen molar-refractivity contribution in [1.82, 2.24) is 15.8 Å². The van der Waals surface area contributed by atoms with Gasteiger partial charge in [-0.25, -0.2) is 4.98 Å². The van der Waals surface area contributed by atoms with Crippen LogP contribution in [0.3, 0.4) is 0 Å². The molecule has 8 nitrogen and oxygen atoms in total. The number of carbonyl (C=O) groups is 2. The Morgan fingerprint density at radius 2 is 2.00 bits per heavy atom. The van der Waals surface area contributed by atoms with Crippen molar-refractivity contribution in [3.05, 3.63) is 40.4 Å². The first-order chi connectivity index (χ1) is 13.1. The number of aromatic nitrogens is 1. The van der Waals surface area contributed by atoms with Crippen molar-refractivity contribution in [2.24, 2.45) is 0 Å². The second kappa shape index (κ2) is 8.83. The number of benzene rings is 1. The van der Waals surface area contributed by atoms with Crippen LogP contribution in [0.2, 0.25) is 0 Å². The van der Waals surface area contributed by atoms with Gasteiger partial charge < -0.3 is 14.4 Å². The van der Waals surface area contributed by atoms with Crippen LogP contribution in [0, 0.1) is 6.92 Å². The maximum absolute atomic E-state index is 12.4. The molecule has 3 rings (SSSR count). The third kappa shape index (κ3) is 4.75. The van der Waals surface area contributed by atoms with Crippen molar-refractivity contribution in [2.75, 3.05) is 38.3 Å². The molecule has 0 radical (unpaired) electrons. The zero-order valence-electron chi connectivity index (χ0n) is 15.3. The number of rotatable bonds is 5. The van der Waals surface area contributed by atoms with Crippen LogP contribution < -0.4 is 20.5 Å². The van der Waals surface area contributed by atoms with Crippen molar-refractivity contribution >= 4 is 28.3 Å². The van der Waals surface area contributed by atoms with E-state index in [2.05, 4.69) is 20.7 Å². The fourth-order valence-electron chi connectivity index (χ4n) is 2.73. The van der Waals surface area contributed by atoms with Gasteiger partial charge in [-0.3, -0.25) is 20.4 Å². The second-order valence-electron chi connectivity index (χ2n) is 6.00. The Bertz CT molecular complexity index is 817. The number of nitrogens with zero attached hydrogens (tertiary/aromatic N) is 2. The van der Waals surface area contributed by atoms with Crippen molar-refractivity contribution in [3.63, 3.8) is 0 Å². The number of amides is 2. The average molecular weight is 390 g/mol. The number of anilines is 1. The first kappa shape index (κ1) is 19.1. The third-order valence-corrected chi connectivity index (χ3v) is 5.35. The molecule has 0 saturated carbocycles. The standard InChI is InChI=1S/C18H22N4O4S/c1-12-16(27-18(19-12)22-7-9-26-10-8-22)17(24)21-20-15(23)11-13-5-3-4-6-14(13)25-2/h3-6H,7-11H2,1-2H3,(H,20,23)(H,21,24). The molecule has 1 saturated heterocycles. The Balaban J connectivity index is 1.57. The van der Waals surface area contributed by atoms with E-state index in [0.29, 0.717) is 29.5 Å². The minimum absolute atomic E-state index is 0.102. The fraction of sp³-hybridized carbons (Fsp3) is 0.389. The molecule has 2 heterocycles. The van der Waals surface area contributed by atoms with Crippen molar-refractivity contribution in [2.45, 2.75) is 13.3 Å². The van der Waals surface area contributed by atoms with E-state index < -0.39 is 0 Å². The lowest BCUT2D eigenvalue weighted by molar-refractivity contribution is -0.121. The van der Waals surface area contributed by atoms with Gasteiger partial charge in [-0.2, -0.15) is 0 Å². The van der Waals surface area contributed by atoms with Crippen molar-refractivity contribution < 1.29 is 19.1 Å². The lowest BCUT2D eigenvalue weighted by atomic mass is 10.1. The van der Waals surface area contributed by atoms with Crippen LogP contribution in [0.4, 0.5) is 5.13 Å². The highest BCUT2D eigenvalue weighted by molar-refractivity contribution is 7.17. The summed E-state index contributed by atoms with van der Waals surface area (Å²) >= 11 is 1.31. The Hall–Kier alpha value is -2.65. The summed E-state index contributed by atoms with van der Waals surface area (Å²) in [6, 6.07) is 7.26. The van der Waals surface area contributed by atoms with Gasteiger partial charge in [0.1, 0.15) is 10.6 Å². The summed E-state index contributed by atoms with van der Waals surface area (Å²) in [5, 5.41) is 0.793. The summed E-state index contributed by atoms with van der Waals surface area (Å²) in [5.41, 5.74) is 6.29. The van der Waals surface area contributed by atoms with Gasteiger partial charge in [0, 0.05) is 18.7 Å². The van der Waals surface area contributed by atoms with Gasteiger partial charge in [-0.15, -0.1) is 0 Å². The Labute approximate surface area is 161 Å². The number of aryl methyl sites for hydroxylation is 1. The van der Waals surface area contributed by atoms with Crippen LogP contribution in [0.15, 0.2) is 24.3 Å². The molecule has 2 N–H and O–H groups in total. The topological polar surface area (TPSA) is 92.8 Å². The molecule has 0 unspecified atom stereocenters. The first-order valence-corrected chi connectivity index (χ1v) is 9.41. The maximum Gasteiger partial charge on any atom is 0.281 e. The molecular formula is C18H22N4O4S. The minimum atomic E-state index is -0.377. The molecule has 0 aliphatic carbocycles. The predicted octanol–water partition coefficient (Wildman–Crippen LogP) is 1.30. The first-order valence-electron chi connectivity index (χ1n) is 8.59. The number of ether oxygens (including phenoxy) is 2. The van der Waals surface area contributed by atoms with Crippen LogP contribution in [-0.2, 0) is 16.0 Å². The molecule has 0 atom stereocenters. The summed E-state index contributed by atoms with van der Waals surface area (Å²) in [4.78, 5) is 31.6. The van der Waals surface area contributed by atoms with E-state index in [4.69, 9.17) is 9.47 Å². The Morgan fingerprint density at radius 3 is 2.74 bits per heavy atom. The zero-order chi connectivity index (χ0) is 19.2. The van der Waals surface area contributed by atoms with Gasteiger partial charge in [0.15, 0.2) is 5.13 Å². The number of methoxy groups -OCH3 is 1. The summed E-state index contributed by atoms with van der Waals surface area (Å²) in [5.74, 6) is -0.0752. The number of para-hydroxylation sites is 1. The largest absolute Gasteiger partial charge is 0.496 e. The van der Waals surface area contributed by atoms with E-state index >= 15 is 0 Å². The number of nitrogens with one attached hydrogen (secondary N) is 2. The average Bonchev–Trinajstić information content (AvgIpc) is 3.09. The monoisotopic (exact) mass is 390 g/mol. The van der Waals surface area contributed by atoms with Crippen LogP contribution in [0.5, 0.6) is 5.75 Å². The highest BCUT2D eigenvalue weighted by atomic mass is 32.1. The normalized spacial score (nSPS) is 13.9. The maximum atomic E-state index is 12.4. The van der Waals surface area contributed by atoms with Gasteiger partial charge in [-0.05, 0) is 13.0 Å². The number of morpholine rings is 1. The van der Waals surface area contributed by atoms with Crippen molar-refractivity contribution in [1.29, 1.82) is 0 Å². The van der Waals surface area contributed by atoms with Gasteiger partial charge >= 0.3 is 0 Å². The Kier molecular flexibility index (Phi) is 6.25. The zero-order valence-corrected chi connectivity index (χ0v) is 16.1. The number of hydrogen-bond donors (Lipinski definition) is 2. The molecule has 27 heavy (non-hydrogen) atoms. The van der Waals surface area contributed by atoms with E-state index in [1.54, 1.807) is 20.1 Å². The van der Waals surface area contributed by atoms with Gasteiger partial charge in [-0.1, -0.05) is 29.5 Å². The van der Waals surface area contributed by atoms with Crippen LogP contribution in [0.25, 0.3) is 0 Å². The van der Waals surface area contributed by atoms with Crippen molar-refractivity contribution in [3.8, 4) is 5.75 Å². The van der Waals surface area contributed by atoms with Crippen LogP contribution in [0.1, 0.15) is 20.9 Å². The lowest BCUT2D eigenvalue weighted by Gasteiger charge is -2.25. The van der Waals surface area contributed by atoms with Crippen LogP contribution >= 0.6 is 11.3 Å². The molecule has 1 aliphatic heterocycles. The van der Waals surface area contributed by atoms with Gasteiger partial charge in [0.25, 0.3) is 5.91 Å². The van der Waals surface area contributed by atoms with E-state index in [1.165, 1.54) is 11.3 Å². The van der Waals surface area contributed by atoms with E-state index in [9.17, 15) is 9.59 Å². The molecule has 9 heteroatoms. The molecule has 0 spiro atoms. The summed E-state index contributed by atoms with van der Waals surface area (Å²) < 4.78 is 10.6. The number of hydrogen-bond acceptors (Lipinski definition) is 7.